The van der Waals surface area contributed by atoms with E-state index in [0.717, 1.165) is 24.8 Å². The van der Waals surface area contributed by atoms with Gasteiger partial charge in [0, 0.05) is 32.6 Å². The number of carbonyl (C=O) groups is 4. The van der Waals surface area contributed by atoms with Crippen LogP contribution in [0.5, 0.6) is 0 Å². The van der Waals surface area contributed by atoms with Crippen molar-refractivity contribution in [2.75, 3.05) is 32.8 Å². The van der Waals surface area contributed by atoms with Gasteiger partial charge in [-0.15, -0.1) is 0 Å². The smallest absolute Gasteiger partial charge is 0.410 e. The van der Waals surface area contributed by atoms with Crippen LogP contribution >= 0.6 is 0 Å². The highest BCUT2D eigenvalue weighted by molar-refractivity contribution is 5.88. The third-order valence-corrected chi connectivity index (χ3v) is 7.07. The Balaban J connectivity index is 1.37. The van der Waals surface area contributed by atoms with E-state index in [-0.39, 0.29) is 31.1 Å². The monoisotopic (exact) mass is 516 g/mol. The lowest BCUT2D eigenvalue weighted by atomic mass is 9.91. The lowest BCUT2D eigenvalue weighted by Crippen LogP contribution is -2.62. The minimum atomic E-state index is -1.61. The van der Waals surface area contributed by atoms with Gasteiger partial charge < -0.3 is 24.6 Å². The summed E-state index contributed by atoms with van der Waals surface area (Å²) >= 11 is 0. The number of nitrogens with two attached hydrogens (primary N) is 1. The average molecular weight is 517 g/mol. The molecule has 0 aromatic heterocycles. The Labute approximate surface area is 218 Å². The molecule has 1 aromatic carbocycles. The number of nitrogens with one attached hydrogen (secondary N) is 1. The van der Waals surface area contributed by atoms with Crippen molar-refractivity contribution in [2.24, 2.45) is 17.6 Å². The molecule has 10 heteroatoms. The minimum Gasteiger partial charge on any atom is -0.463 e. The third-order valence-electron chi connectivity index (χ3n) is 7.07. The number of benzene rings is 1. The van der Waals surface area contributed by atoms with Gasteiger partial charge in [0.15, 0.2) is 5.66 Å². The highest BCUT2D eigenvalue weighted by atomic mass is 16.6. The highest BCUT2D eigenvalue weighted by Crippen LogP contribution is 2.24. The molecule has 3 N–H and O–H groups in total. The lowest BCUT2D eigenvalue weighted by molar-refractivity contribution is -0.153. The molecule has 2 saturated heterocycles. The van der Waals surface area contributed by atoms with Crippen molar-refractivity contribution in [1.82, 2.24) is 15.1 Å². The van der Waals surface area contributed by atoms with Gasteiger partial charge in [0.1, 0.15) is 6.61 Å². The zero-order valence-electron chi connectivity index (χ0n) is 21.9. The molecule has 0 bridgehead atoms. The number of ether oxygens (including phenoxy) is 2. The number of likely N-dealkylation sites (tertiary alicyclic amines) is 2. The molecule has 10 nitrogen and oxygen atoms in total. The summed E-state index contributed by atoms with van der Waals surface area (Å²) < 4.78 is 10.3. The molecule has 2 atom stereocenters. The normalized spacial score (nSPS) is 20.0. The molecule has 3 rings (SSSR count). The van der Waals surface area contributed by atoms with Gasteiger partial charge in [-0.25, -0.2) is 9.59 Å². The number of amides is 3. The molecule has 2 heterocycles. The molecule has 0 unspecified atom stereocenters. The van der Waals surface area contributed by atoms with Gasteiger partial charge >= 0.3 is 12.1 Å². The largest absolute Gasteiger partial charge is 0.463 e. The summed E-state index contributed by atoms with van der Waals surface area (Å²) in [7, 11) is 0. The second kappa shape index (κ2) is 13.4. The van der Waals surface area contributed by atoms with Gasteiger partial charge in [0.25, 0.3) is 0 Å². The molecular formula is C27H40N4O6. The molecule has 37 heavy (non-hydrogen) atoms. The van der Waals surface area contributed by atoms with Crippen molar-refractivity contribution in [3.05, 3.63) is 35.9 Å². The molecule has 3 amide bonds. The predicted molar refractivity (Wildman–Crippen MR) is 137 cm³/mol. The summed E-state index contributed by atoms with van der Waals surface area (Å²) in [6.07, 6.45) is 3.88. The number of carbonyl (C=O) groups excluding carboxylic acids is 4. The molecule has 204 valence electrons. The van der Waals surface area contributed by atoms with Gasteiger partial charge in [-0.05, 0) is 57.4 Å². The van der Waals surface area contributed by atoms with Crippen LogP contribution in [0.3, 0.4) is 0 Å². The molecule has 2 aliphatic rings. The van der Waals surface area contributed by atoms with Crippen LogP contribution in [-0.2, 0) is 30.5 Å². The van der Waals surface area contributed by atoms with Crippen LogP contribution in [0.4, 0.5) is 4.79 Å². The maximum atomic E-state index is 12.9. The summed E-state index contributed by atoms with van der Waals surface area (Å²) in [5.74, 6) is -1.05. The summed E-state index contributed by atoms with van der Waals surface area (Å²) in [4.78, 5) is 53.4. The van der Waals surface area contributed by atoms with E-state index in [1.54, 1.807) is 16.7 Å². The maximum Gasteiger partial charge on any atom is 0.410 e. The highest BCUT2D eigenvalue weighted by Gasteiger charge is 2.36. The van der Waals surface area contributed by atoms with Crippen LogP contribution in [0.25, 0.3) is 0 Å². The number of hydrogen-bond donors (Lipinski definition) is 2. The third kappa shape index (κ3) is 8.45. The Morgan fingerprint density at radius 1 is 1.03 bits per heavy atom. The van der Waals surface area contributed by atoms with Crippen LogP contribution in [0, 0.1) is 11.8 Å². The van der Waals surface area contributed by atoms with E-state index in [2.05, 4.69) is 5.32 Å². The van der Waals surface area contributed by atoms with E-state index >= 15 is 0 Å². The first kappa shape index (κ1) is 28.4. The zero-order chi connectivity index (χ0) is 26.8. The van der Waals surface area contributed by atoms with Crippen LogP contribution in [0.1, 0.15) is 57.9 Å². The Morgan fingerprint density at radius 3 is 2.41 bits per heavy atom. The molecule has 0 saturated carbocycles. The first-order valence-electron chi connectivity index (χ1n) is 13.2. The van der Waals surface area contributed by atoms with Crippen molar-refractivity contribution >= 4 is 23.9 Å². The van der Waals surface area contributed by atoms with Crippen molar-refractivity contribution in [3.8, 4) is 0 Å². The van der Waals surface area contributed by atoms with E-state index in [0.29, 0.717) is 51.4 Å². The van der Waals surface area contributed by atoms with Crippen LogP contribution in [-0.4, -0.2) is 72.1 Å². The van der Waals surface area contributed by atoms with E-state index in [9.17, 15) is 19.2 Å². The number of esters is 1. The van der Waals surface area contributed by atoms with Crippen molar-refractivity contribution < 1.29 is 28.7 Å². The van der Waals surface area contributed by atoms with Crippen molar-refractivity contribution in [2.45, 2.75) is 64.6 Å². The second-order valence-electron chi connectivity index (χ2n) is 10.1. The topological polar surface area (TPSA) is 131 Å². The number of hydrogen-bond acceptors (Lipinski definition) is 7. The van der Waals surface area contributed by atoms with Gasteiger partial charge in [0.05, 0.1) is 12.5 Å². The predicted octanol–water partition coefficient (Wildman–Crippen LogP) is 2.41. The summed E-state index contributed by atoms with van der Waals surface area (Å²) in [6, 6.07) is 9.59. The summed E-state index contributed by atoms with van der Waals surface area (Å²) in [6.45, 7) is 5.68. The van der Waals surface area contributed by atoms with Crippen molar-refractivity contribution in [3.63, 3.8) is 0 Å². The molecular weight excluding hydrogens is 476 g/mol. The van der Waals surface area contributed by atoms with E-state index in [1.807, 2.05) is 30.3 Å². The van der Waals surface area contributed by atoms with Crippen LogP contribution < -0.4 is 11.1 Å². The first-order valence-corrected chi connectivity index (χ1v) is 13.2. The molecule has 0 radical (unpaired) electrons. The molecule has 2 fully saturated rings. The molecule has 0 aliphatic carbocycles. The summed E-state index contributed by atoms with van der Waals surface area (Å²) in [5, 5.41) is 2.57. The number of nitrogens with zero attached hydrogens (tertiary/aromatic N) is 2. The minimum absolute atomic E-state index is 0.0307. The van der Waals surface area contributed by atoms with E-state index in [1.165, 1.54) is 6.92 Å². The van der Waals surface area contributed by atoms with Gasteiger partial charge in [0.2, 0.25) is 11.8 Å². The number of rotatable bonds is 9. The maximum absolute atomic E-state index is 12.9. The Morgan fingerprint density at radius 2 is 1.73 bits per heavy atom. The van der Waals surface area contributed by atoms with Gasteiger partial charge in [-0.2, -0.15) is 0 Å². The van der Waals surface area contributed by atoms with Crippen LogP contribution in [0.2, 0.25) is 0 Å². The fraction of sp³-hybridized carbons (Fsp3) is 0.630. The lowest BCUT2D eigenvalue weighted by Gasteiger charge is -2.35. The first-order chi connectivity index (χ1) is 17.7. The SMILES string of the molecule is CCOC(=O)[C@@](C)(N)NC(=O)[C@@H]1CCCN(C(=O)CCC2CCN(C(=O)OCc3ccccc3)CC2)C1. The molecule has 0 spiro atoms. The standard InChI is InChI=1S/C27H40N4O6/c1-3-36-25(34)27(2,28)29-24(33)22-10-7-15-31(18-22)23(32)12-11-20-13-16-30(17-14-20)26(35)37-19-21-8-5-4-6-9-21/h4-6,8-9,20,22H,3,7,10-19,28H2,1-2H3,(H,29,33)/t22-,27+/m1/s1. The Bertz CT molecular complexity index is 930. The number of piperidine rings is 2. The Kier molecular flexibility index (Phi) is 10.3. The van der Waals surface area contributed by atoms with Gasteiger partial charge in [-0.1, -0.05) is 30.3 Å². The fourth-order valence-electron chi connectivity index (χ4n) is 4.81. The van der Waals surface area contributed by atoms with Gasteiger partial charge in [-0.3, -0.25) is 15.3 Å². The quantitative estimate of drug-likeness (QED) is 0.381. The fourth-order valence-corrected chi connectivity index (χ4v) is 4.81. The summed E-state index contributed by atoms with van der Waals surface area (Å²) in [5.41, 5.74) is 5.28. The Hall–Kier alpha value is -3.14. The van der Waals surface area contributed by atoms with Crippen molar-refractivity contribution in [1.29, 1.82) is 0 Å². The zero-order valence-corrected chi connectivity index (χ0v) is 21.9. The molecule has 1 aromatic rings. The van der Waals surface area contributed by atoms with E-state index < -0.39 is 17.6 Å². The van der Waals surface area contributed by atoms with Crippen LogP contribution in [0.15, 0.2) is 30.3 Å². The molecule has 2 aliphatic heterocycles. The van der Waals surface area contributed by atoms with E-state index in [4.69, 9.17) is 15.2 Å². The second-order valence-corrected chi connectivity index (χ2v) is 10.1. The average Bonchev–Trinajstić information content (AvgIpc) is 2.91.